The van der Waals surface area contributed by atoms with Crippen molar-refractivity contribution in [1.29, 1.82) is 0 Å². The van der Waals surface area contributed by atoms with Crippen molar-refractivity contribution in [3.05, 3.63) is 60.6 Å². The van der Waals surface area contributed by atoms with Crippen LogP contribution in [0, 0.1) is 0 Å². The number of aromatic nitrogens is 3. The normalized spacial score (nSPS) is 11.4. The molecule has 0 radical (unpaired) electrons. The van der Waals surface area contributed by atoms with Crippen LogP contribution in [0.5, 0.6) is 0 Å². The summed E-state index contributed by atoms with van der Waals surface area (Å²) in [5.74, 6) is -0.643. The lowest BCUT2D eigenvalue weighted by Gasteiger charge is -2.14. The summed E-state index contributed by atoms with van der Waals surface area (Å²) in [6.45, 7) is 0. The van der Waals surface area contributed by atoms with E-state index in [2.05, 4.69) is 15.4 Å². The van der Waals surface area contributed by atoms with Crippen LogP contribution < -0.4 is 5.32 Å². The summed E-state index contributed by atoms with van der Waals surface area (Å²) in [5, 5.41) is 6.05. The number of amides is 1. The van der Waals surface area contributed by atoms with Crippen molar-refractivity contribution < 1.29 is 22.4 Å². The second kappa shape index (κ2) is 5.59. The summed E-state index contributed by atoms with van der Waals surface area (Å²) in [4.78, 5) is 15.5. The van der Waals surface area contributed by atoms with Gasteiger partial charge >= 0.3 is 6.18 Å². The second-order valence-corrected chi connectivity index (χ2v) is 4.50. The van der Waals surface area contributed by atoms with E-state index in [4.69, 9.17) is 4.42 Å². The second-order valence-electron chi connectivity index (χ2n) is 4.50. The number of halogens is 3. The number of benzene rings is 1. The third-order valence-electron chi connectivity index (χ3n) is 2.97. The van der Waals surface area contributed by atoms with E-state index in [-0.39, 0.29) is 17.1 Å². The Balaban J connectivity index is 1.96. The third kappa shape index (κ3) is 3.07. The van der Waals surface area contributed by atoms with Crippen molar-refractivity contribution in [2.24, 2.45) is 0 Å². The monoisotopic (exact) mass is 322 g/mol. The number of alkyl halides is 3. The fraction of sp³-hybridized carbons (Fsp3) is 0.0714. The summed E-state index contributed by atoms with van der Waals surface area (Å²) in [7, 11) is 0. The highest BCUT2D eigenvalue weighted by atomic mass is 19.4. The summed E-state index contributed by atoms with van der Waals surface area (Å²) < 4.78 is 45.6. The van der Waals surface area contributed by atoms with Gasteiger partial charge in [0.2, 0.25) is 0 Å². The average Bonchev–Trinajstić information content (AvgIpc) is 3.20. The number of carbonyl (C=O) groups excluding carboxylic acids is 1. The summed E-state index contributed by atoms with van der Waals surface area (Å²) in [5.41, 5.74) is -1.14. The van der Waals surface area contributed by atoms with Gasteiger partial charge in [-0.25, -0.2) is 9.67 Å². The van der Waals surface area contributed by atoms with Crippen LogP contribution in [-0.4, -0.2) is 20.7 Å². The van der Waals surface area contributed by atoms with Crippen molar-refractivity contribution >= 4 is 11.6 Å². The quantitative estimate of drug-likeness (QED) is 0.804. The average molecular weight is 322 g/mol. The van der Waals surface area contributed by atoms with Gasteiger partial charge in [0, 0.05) is 5.69 Å². The van der Waals surface area contributed by atoms with Crippen LogP contribution in [0.3, 0.4) is 0 Å². The molecule has 2 heterocycles. The van der Waals surface area contributed by atoms with E-state index in [1.807, 2.05) is 0 Å². The van der Waals surface area contributed by atoms with Crippen molar-refractivity contribution in [1.82, 2.24) is 14.8 Å². The molecule has 0 saturated carbocycles. The molecule has 0 aliphatic rings. The number of nitrogens with zero attached hydrogens (tertiary/aromatic N) is 3. The molecule has 1 aromatic carbocycles. The van der Waals surface area contributed by atoms with E-state index in [0.717, 1.165) is 23.4 Å². The number of furan rings is 1. The van der Waals surface area contributed by atoms with Crippen LogP contribution in [0.25, 0.3) is 5.69 Å². The minimum Gasteiger partial charge on any atom is -0.459 e. The van der Waals surface area contributed by atoms with Crippen molar-refractivity contribution in [2.45, 2.75) is 6.18 Å². The van der Waals surface area contributed by atoms with E-state index >= 15 is 0 Å². The fourth-order valence-corrected chi connectivity index (χ4v) is 1.97. The third-order valence-corrected chi connectivity index (χ3v) is 2.97. The van der Waals surface area contributed by atoms with Crippen LogP contribution in [0.2, 0.25) is 0 Å². The van der Waals surface area contributed by atoms with Gasteiger partial charge in [-0.15, -0.1) is 0 Å². The van der Waals surface area contributed by atoms with Gasteiger partial charge in [-0.1, -0.05) is 0 Å². The maximum absolute atomic E-state index is 13.2. The molecule has 23 heavy (non-hydrogen) atoms. The smallest absolute Gasteiger partial charge is 0.418 e. The number of carbonyl (C=O) groups is 1. The Hall–Kier alpha value is -3.10. The molecule has 3 rings (SSSR count). The lowest BCUT2D eigenvalue weighted by Crippen LogP contribution is -2.15. The fourth-order valence-electron chi connectivity index (χ4n) is 1.97. The van der Waals surface area contributed by atoms with Crippen LogP contribution in [0.4, 0.5) is 18.9 Å². The number of nitrogens with one attached hydrogen (secondary N) is 1. The molecule has 2 aromatic heterocycles. The van der Waals surface area contributed by atoms with Crippen LogP contribution >= 0.6 is 0 Å². The lowest BCUT2D eigenvalue weighted by atomic mass is 10.1. The molecule has 6 nitrogen and oxygen atoms in total. The number of anilines is 1. The van der Waals surface area contributed by atoms with Gasteiger partial charge in [0.25, 0.3) is 5.91 Å². The first-order valence-corrected chi connectivity index (χ1v) is 6.36. The van der Waals surface area contributed by atoms with Crippen LogP contribution in [-0.2, 0) is 6.18 Å². The Labute approximate surface area is 127 Å². The highest BCUT2D eigenvalue weighted by molar-refractivity contribution is 6.02. The molecule has 0 atom stereocenters. The van der Waals surface area contributed by atoms with Gasteiger partial charge < -0.3 is 9.73 Å². The molecule has 3 aromatic rings. The zero-order chi connectivity index (χ0) is 16.4. The Morgan fingerprint density at radius 3 is 2.70 bits per heavy atom. The zero-order valence-corrected chi connectivity index (χ0v) is 11.4. The highest BCUT2D eigenvalue weighted by Gasteiger charge is 2.34. The Morgan fingerprint density at radius 2 is 2.09 bits per heavy atom. The lowest BCUT2D eigenvalue weighted by molar-refractivity contribution is -0.137. The first kappa shape index (κ1) is 14.8. The molecule has 0 aliphatic carbocycles. The van der Waals surface area contributed by atoms with E-state index in [9.17, 15) is 18.0 Å². The molecule has 0 bridgehead atoms. The van der Waals surface area contributed by atoms with Gasteiger partial charge in [0.05, 0.1) is 17.5 Å². The highest BCUT2D eigenvalue weighted by Crippen LogP contribution is 2.35. The standard InChI is InChI=1S/C14H9F3N4O2/c15-14(16,17)10-6-9(20-13(22)12-2-1-5-23-12)3-4-11(10)21-8-18-7-19-21/h1-8H,(H,20,22). The largest absolute Gasteiger partial charge is 0.459 e. The summed E-state index contributed by atoms with van der Waals surface area (Å²) in [6.07, 6.45) is -1.03. The topological polar surface area (TPSA) is 73.0 Å². The van der Waals surface area contributed by atoms with E-state index in [1.165, 1.54) is 30.5 Å². The Kier molecular flexibility index (Phi) is 3.61. The van der Waals surface area contributed by atoms with E-state index < -0.39 is 17.6 Å². The van der Waals surface area contributed by atoms with Gasteiger partial charge in [-0.05, 0) is 30.3 Å². The maximum atomic E-state index is 13.2. The zero-order valence-electron chi connectivity index (χ0n) is 11.4. The predicted molar refractivity (Wildman–Crippen MR) is 73.0 cm³/mol. The van der Waals surface area contributed by atoms with Crippen LogP contribution in [0.15, 0.2) is 53.7 Å². The van der Waals surface area contributed by atoms with Crippen molar-refractivity contribution in [3.8, 4) is 5.69 Å². The molecule has 0 unspecified atom stereocenters. The molecule has 1 N–H and O–H groups in total. The molecule has 0 aliphatic heterocycles. The Bertz CT molecular complexity index is 811. The van der Waals surface area contributed by atoms with Crippen LogP contribution in [0.1, 0.15) is 16.1 Å². The molecule has 0 saturated heterocycles. The number of hydrogen-bond acceptors (Lipinski definition) is 4. The van der Waals surface area contributed by atoms with Gasteiger partial charge in [-0.2, -0.15) is 18.3 Å². The van der Waals surface area contributed by atoms with Gasteiger partial charge in [0.15, 0.2) is 5.76 Å². The Morgan fingerprint density at radius 1 is 1.26 bits per heavy atom. The maximum Gasteiger partial charge on any atom is 0.418 e. The SMILES string of the molecule is O=C(Nc1ccc(-n2cncn2)c(C(F)(F)F)c1)c1ccco1. The van der Waals surface area contributed by atoms with Crippen molar-refractivity contribution in [2.75, 3.05) is 5.32 Å². The molecule has 9 heteroatoms. The first-order valence-electron chi connectivity index (χ1n) is 6.36. The van der Waals surface area contributed by atoms with Gasteiger partial charge in [-0.3, -0.25) is 4.79 Å². The molecule has 0 spiro atoms. The number of hydrogen-bond donors (Lipinski definition) is 1. The van der Waals surface area contributed by atoms with Crippen molar-refractivity contribution in [3.63, 3.8) is 0 Å². The number of rotatable bonds is 3. The summed E-state index contributed by atoms with van der Waals surface area (Å²) in [6, 6.07) is 6.29. The van der Waals surface area contributed by atoms with Gasteiger partial charge in [0.1, 0.15) is 12.7 Å². The minimum absolute atomic E-state index is 0.00101. The predicted octanol–water partition coefficient (Wildman–Crippen LogP) is 3.13. The molecule has 0 fully saturated rings. The van der Waals surface area contributed by atoms with E-state index in [1.54, 1.807) is 0 Å². The molecular weight excluding hydrogens is 313 g/mol. The molecule has 1 amide bonds. The minimum atomic E-state index is -4.62. The molecule has 118 valence electrons. The first-order chi connectivity index (χ1) is 10.9. The summed E-state index contributed by atoms with van der Waals surface area (Å²) >= 11 is 0. The molecular formula is C14H9F3N4O2. The van der Waals surface area contributed by atoms with E-state index in [0.29, 0.717) is 0 Å².